The van der Waals surface area contributed by atoms with E-state index in [0.717, 1.165) is 12.8 Å². The zero-order chi connectivity index (χ0) is 8.81. The summed E-state index contributed by atoms with van der Waals surface area (Å²) in [5.41, 5.74) is 0. The first-order chi connectivity index (χ1) is 5.83. The van der Waals surface area contributed by atoms with E-state index >= 15 is 0 Å². The molecule has 0 heterocycles. The van der Waals surface area contributed by atoms with Crippen LogP contribution in [0.2, 0.25) is 0 Å². The molecule has 0 saturated heterocycles. The van der Waals surface area contributed by atoms with E-state index in [4.69, 9.17) is 0 Å². The van der Waals surface area contributed by atoms with Crippen LogP contribution in [0.4, 0.5) is 0 Å². The third-order valence-electron chi connectivity index (χ3n) is 1.81. The molecule has 1 rings (SSSR count). The maximum absolute atomic E-state index is 10.7. The van der Waals surface area contributed by atoms with Crippen molar-refractivity contribution in [2.45, 2.75) is 19.3 Å². The van der Waals surface area contributed by atoms with Gasteiger partial charge in [-0.2, -0.15) is 0 Å². The van der Waals surface area contributed by atoms with Crippen molar-refractivity contribution in [2.75, 3.05) is 7.11 Å². The van der Waals surface area contributed by atoms with Crippen LogP contribution in [0.25, 0.3) is 0 Å². The molecule has 1 saturated carbocycles. The fourth-order valence-electron chi connectivity index (χ4n) is 1.12. The van der Waals surface area contributed by atoms with Gasteiger partial charge >= 0.3 is 5.97 Å². The lowest BCUT2D eigenvalue weighted by Gasteiger charge is -2.05. The van der Waals surface area contributed by atoms with Crippen LogP contribution < -0.4 is 0 Å². The summed E-state index contributed by atoms with van der Waals surface area (Å²) >= 11 is 0. The smallest absolute Gasteiger partial charge is 0.305 e. The SMILES string of the molecule is COC(=O)CCC[C]1[CH][CH][CH][CH]1. The molecule has 2 nitrogen and oxygen atoms in total. The Bertz CT molecular complexity index is 137. The molecule has 0 aromatic heterocycles. The predicted molar refractivity (Wildman–Crippen MR) is 46.3 cm³/mol. The molecule has 1 aliphatic carbocycles. The Morgan fingerprint density at radius 1 is 1.42 bits per heavy atom. The molecule has 1 aliphatic rings. The van der Waals surface area contributed by atoms with Crippen LogP contribution >= 0.6 is 0 Å². The molecule has 0 aliphatic heterocycles. The first kappa shape index (κ1) is 9.56. The van der Waals surface area contributed by atoms with E-state index in [9.17, 15) is 4.79 Å². The van der Waals surface area contributed by atoms with Crippen molar-refractivity contribution in [3.63, 3.8) is 0 Å². The van der Waals surface area contributed by atoms with E-state index in [1.807, 2.05) is 12.8 Å². The summed E-state index contributed by atoms with van der Waals surface area (Å²) in [4.78, 5) is 10.7. The first-order valence-corrected chi connectivity index (χ1v) is 4.10. The first-order valence-electron chi connectivity index (χ1n) is 4.10. The maximum Gasteiger partial charge on any atom is 0.305 e. The van der Waals surface area contributed by atoms with Crippen molar-refractivity contribution in [2.24, 2.45) is 0 Å². The molecule has 0 N–H and O–H groups in total. The van der Waals surface area contributed by atoms with Gasteiger partial charge in [0.05, 0.1) is 7.11 Å². The van der Waals surface area contributed by atoms with Crippen LogP contribution in [0, 0.1) is 31.6 Å². The molecule has 0 atom stereocenters. The van der Waals surface area contributed by atoms with Gasteiger partial charge in [0.2, 0.25) is 0 Å². The molecule has 0 aromatic carbocycles. The second-order valence-electron chi connectivity index (χ2n) is 2.72. The molecule has 0 spiro atoms. The minimum absolute atomic E-state index is 0.124. The highest BCUT2D eigenvalue weighted by molar-refractivity contribution is 5.69. The Hall–Kier alpha value is -0.530. The molecule has 5 radical (unpaired) electrons. The topological polar surface area (TPSA) is 26.3 Å². The number of rotatable bonds is 4. The van der Waals surface area contributed by atoms with Gasteiger partial charge in [-0.1, -0.05) is 0 Å². The van der Waals surface area contributed by atoms with Crippen LogP contribution in [0.1, 0.15) is 19.3 Å². The molecular formula is C10H13O2. The third-order valence-corrected chi connectivity index (χ3v) is 1.81. The van der Waals surface area contributed by atoms with Gasteiger partial charge in [0.15, 0.2) is 0 Å². The highest BCUT2D eigenvalue weighted by Gasteiger charge is 2.16. The molecule has 0 amide bonds. The fraction of sp³-hybridized carbons (Fsp3) is 0.400. The summed E-state index contributed by atoms with van der Waals surface area (Å²) in [6.07, 6.45) is 10.5. The van der Waals surface area contributed by atoms with Crippen molar-refractivity contribution in [1.82, 2.24) is 0 Å². The summed E-state index contributed by atoms with van der Waals surface area (Å²) in [7, 11) is 1.42. The molecule has 0 unspecified atom stereocenters. The zero-order valence-corrected chi connectivity index (χ0v) is 7.25. The summed E-state index contributed by atoms with van der Waals surface area (Å²) in [5, 5.41) is 0. The average Bonchev–Trinajstić information content (AvgIpc) is 2.57. The largest absolute Gasteiger partial charge is 0.469 e. The van der Waals surface area contributed by atoms with Gasteiger partial charge in [0.1, 0.15) is 0 Å². The monoisotopic (exact) mass is 165 g/mol. The summed E-state index contributed by atoms with van der Waals surface area (Å²) in [6.45, 7) is 0. The molecule has 65 valence electrons. The molecule has 12 heavy (non-hydrogen) atoms. The minimum atomic E-state index is -0.124. The van der Waals surface area contributed by atoms with Gasteiger partial charge in [-0.3, -0.25) is 4.79 Å². The number of hydrogen-bond acceptors (Lipinski definition) is 2. The van der Waals surface area contributed by atoms with Crippen LogP contribution in [-0.2, 0) is 9.53 Å². The van der Waals surface area contributed by atoms with Crippen molar-refractivity contribution < 1.29 is 9.53 Å². The quantitative estimate of drug-likeness (QED) is 0.593. The van der Waals surface area contributed by atoms with Gasteiger partial charge in [-0.25, -0.2) is 0 Å². The Kier molecular flexibility index (Phi) is 4.12. The van der Waals surface area contributed by atoms with Gasteiger partial charge in [-0.15, -0.1) is 0 Å². The summed E-state index contributed by atoms with van der Waals surface area (Å²) in [5.74, 6) is 1.17. The zero-order valence-electron chi connectivity index (χ0n) is 7.25. The van der Waals surface area contributed by atoms with Gasteiger partial charge in [0.25, 0.3) is 0 Å². The van der Waals surface area contributed by atoms with Crippen LogP contribution in [0.3, 0.4) is 0 Å². The maximum atomic E-state index is 10.7. The van der Waals surface area contributed by atoms with E-state index in [1.54, 1.807) is 0 Å². The van der Waals surface area contributed by atoms with Crippen molar-refractivity contribution in [3.8, 4) is 0 Å². The van der Waals surface area contributed by atoms with Crippen LogP contribution in [0.15, 0.2) is 0 Å². The fourth-order valence-corrected chi connectivity index (χ4v) is 1.12. The van der Waals surface area contributed by atoms with E-state index in [0.29, 0.717) is 6.42 Å². The van der Waals surface area contributed by atoms with E-state index in [2.05, 4.69) is 17.6 Å². The summed E-state index contributed by atoms with van der Waals surface area (Å²) < 4.78 is 4.53. The van der Waals surface area contributed by atoms with Crippen LogP contribution in [-0.4, -0.2) is 13.1 Å². The second kappa shape index (κ2) is 5.18. The lowest BCUT2D eigenvalue weighted by molar-refractivity contribution is -0.140. The molecule has 2 heteroatoms. The number of carbonyl (C=O) groups is 1. The molecule has 0 bridgehead atoms. The highest BCUT2D eigenvalue weighted by atomic mass is 16.5. The molecular weight excluding hydrogens is 152 g/mol. The number of hydrogen-bond donors (Lipinski definition) is 0. The Morgan fingerprint density at radius 3 is 2.67 bits per heavy atom. The Labute approximate surface area is 74.3 Å². The van der Waals surface area contributed by atoms with E-state index < -0.39 is 0 Å². The number of ether oxygens (including phenoxy) is 1. The van der Waals surface area contributed by atoms with E-state index in [-0.39, 0.29) is 5.97 Å². The van der Waals surface area contributed by atoms with Gasteiger partial charge in [0, 0.05) is 6.42 Å². The number of methoxy groups -OCH3 is 1. The molecule has 1 fully saturated rings. The Balaban J connectivity index is 1.97. The van der Waals surface area contributed by atoms with Crippen molar-refractivity contribution in [3.05, 3.63) is 31.6 Å². The van der Waals surface area contributed by atoms with Gasteiger partial charge < -0.3 is 4.74 Å². The normalized spacial score (nSPS) is 18.1. The van der Waals surface area contributed by atoms with Crippen molar-refractivity contribution in [1.29, 1.82) is 0 Å². The predicted octanol–water partition coefficient (Wildman–Crippen LogP) is 1.73. The van der Waals surface area contributed by atoms with Gasteiger partial charge in [-0.05, 0) is 44.4 Å². The number of carbonyl (C=O) groups excluding carboxylic acids is 1. The highest BCUT2D eigenvalue weighted by Crippen LogP contribution is 2.27. The van der Waals surface area contributed by atoms with E-state index in [1.165, 1.54) is 13.0 Å². The number of esters is 1. The average molecular weight is 165 g/mol. The Morgan fingerprint density at radius 2 is 2.08 bits per heavy atom. The second-order valence-corrected chi connectivity index (χ2v) is 2.72. The van der Waals surface area contributed by atoms with Crippen molar-refractivity contribution >= 4 is 5.97 Å². The summed E-state index contributed by atoms with van der Waals surface area (Å²) in [6, 6.07) is 0. The lowest BCUT2D eigenvalue weighted by atomic mass is 10.0. The minimum Gasteiger partial charge on any atom is -0.469 e. The lowest BCUT2D eigenvalue weighted by Crippen LogP contribution is -2.01. The van der Waals surface area contributed by atoms with Crippen LogP contribution in [0.5, 0.6) is 0 Å². The molecule has 0 aromatic rings. The third kappa shape index (κ3) is 3.24. The standard InChI is InChI=1S/C10H13O2/c1-12-10(11)8-4-7-9-5-2-3-6-9/h2-3,5-6H,4,7-8H2,1H3.